The molecule has 0 radical (unpaired) electrons. The molecule has 0 aliphatic heterocycles. The van der Waals surface area contributed by atoms with Crippen molar-refractivity contribution in [3.63, 3.8) is 0 Å². The van der Waals surface area contributed by atoms with E-state index in [1.807, 2.05) is 24.6 Å². The third kappa shape index (κ3) is 2.72. The highest BCUT2D eigenvalue weighted by Crippen LogP contribution is 2.23. The lowest BCUT2D eigenvalue weighted by atomic mass is 10.2. The van der Waals surface area contributed by atoms with Crippen LogP contribution in [0.1, 0.15) is 31.2 Å². The van der Waals surface area contributed by atoms with E-state index in [2.05, 4.69) is 17.4 Å². The van der Waals surface area contributed by atoms with Crippen LogP contribution >= 0.6 is 11.3 Å². The predicted molar refractivity (Wildman–Crippen MR) is 84.1 cm³/mol. The Bertz CT molecular complexity index is 624. The molecule has 1 saturated carbocycles. The summed E-state index contributed by atoms with van der Waals surface area (Å²) in [7, 11) is 1.86. The second-order valence-corrected chi connectivity index (χ2v) is 6.40. The molecule has 106 valence electrons. The van der Waals surface area contributed by atoms with Gasteiger partial charge in [-0.15, -0.1) is 11.3 Å². The molecule has 20 heavy (non-hydrogen) atoms. The van der Waals surface area contributed by atoms with E-state index in [1.165, 1.54) is 25.7 Å². The van der Waals surface area contributed by atoms with Crippen molar-refractivity contribution in [1.29, 1.82) is 0 Å². The zero-order valence-electron chi connectivity index (χ0n) is 11.8. The lowest BCUT2D eigenvalue weighted by Gasteiger charge is -2.13. The van der Waals surface area contributed by atoms with Gasteiger partial charge in [-0.1, -0.05) is 25.0 Å². The van der Waals surface area contributed by atoms with Crippen LogP contribution in [-0.2, 0) is 13.6 Å². The highest BCUT2D eigenvalue weighted by molar-refractivity contribution is 7.13. The number of pyridine rings is 1. The molecule has 0 amide bonds. The topological polar surface area (TPSA) is 34.0 Å². The molecule has 0 bridgehead atoms. The van der Waals surface area contributed by atoms with E-state index >= 15 is 0 Å². The first-order valence-electron chi connectivity index (χ1n) is 7.22. The molecule has 4 heteroatoms. The van der Waals surface area contributed by atoms with Crippen LogP contribution in [0.2, 0.25) is 0 Å². The molecular weight excluding hydrogens is 268 g/mol. The Balaban J connectivity index is 1.79. The van der Waals surface area contributed by atoms with Crippen molar-refractivity contribution in [2.75, 3.05) is 0 Å². The Morgan fingerprint density at radius 1 is 1.30 bits per heavy atom. The van der Waals surface area contributed by atoms with E-state index < -0.39 is 0 Å². The summed E-state index contributed by atoms with van der Waals surface area (Å²) in [6, 6.07) is 8.69. The molecule has 1 aliphatic rings. The minimum Gasteiger partial charge on any atom is -0.310 e. The average Bonchev–Trinajstić information content (AvgIpc) is 3.13. The first-order valence-corrected chi connectivity index (χ1v) is 8.10. The SMILES string of the molecule is Cn1c(-c2cccs2)ccc(CNC2CCCC2)c1=O. The lowest BCUT2D eigenvalue weighted by Crippen LogP contribution is -2.30. The molecule has 0 unspecified atom stereocenters. The molecule has 2 aromatic rings. The van der Waals surface area contributed by atoms with Crippen LogP contribution in [0.4, 0.5) is 0 Å². The molecule has 2 heterocycles. The predicted octanol–water partition coefficient (Wildman–Crippen LogP) is 3.15. The molecule has 3 nitrogen and oxygen atoms in total. The third-order valence-corrected chi connectivity index (χ3v) is 4.99. The van der Waals surface area contributed by atoms with Gasteiger partial charge in [-0.3, -0.25) is 4.79 Å². The Morgan fingerprint density at radius 2 is 2.10 bits per heavy atom. The van der Waals surface area contributed by atoms with Crippen LogP contribution in [-0.4, -0.2) is 10.6 Å². The Hall–Kier alpha value is -1.39. The first kappa shape index (κ1) is 13.6. The van der Waals surface area contributed by atoms with Crippen LogP contribution in [0.15, 0.2) is 34.4 Å². The molecule has 0 atom stereocenters. The minimum absolute atomic E-state index is 0.112. The monoisotopic (exact) mass is 288 g/mol. The summed E-state index contributed by atoms with van der Waals surface area (Å²) >= 11 is 1.66. The Labute approximate surface area is 123 Å². The van der Waals surface area contributed by atoms with Gasteiger partial charge in [0.1, 0.15) is 0 Å². The lowest BCUT2D eigenvalue weighted by molar-refractivity contribution is 0.521. The average molecular weight is 288 g/mol. The normalized spacial score (nSPS) is 15.8. The third-order valence-electron chi connectivity index (χ3n) is 4.09. The fourth-order valence-corrected chi connectivity index (χ4v) is 3.66. The maximum absolute atomic E-state index is 12.4. The number of rotatable bonds is 4. The highest BCUT2D eigenvalue weighted by Gasteiger charge is 2.15. The molecule has 2 aromatic heterocycles. The smallest absolute Gasteiger partial charge is 0.255 e. The van der Waals surface area contributed by atoms with E-state index in [0.717, 1.165) is 16.1 Å². The maximum Gasteiger partial charge on any atom is 0.255 e. The van der Waals surface area contributed by atoms with Crippen LogP contribution in [0.5, 0.6) is 0 Å². The van der Waals surface area contributed by atoms with Crippen molar-refractivity contribution < 1.29 is 0 Å². The highest BCUT2D eigenvalue weighted by atomic mass is 32.1. The van der Waals surface area contributed by atoms with Gasteiger partial charge in [0.25, 0.3) is 5.56 Å². The number of nitrogens with one attached hydrogen (secondary N) is 1. The second-order valence-electron chi connectivity index (χ2n) is 5.45. The maximum atomic E-state index is 12.4. The summed E-state index contributed by atoms with van der Waals surface area (Å²) in [6.45, 7) is 0.683. The van der Waals surface area contributed by atoms with Gasteiger partial charge >= 0.3 is 0 Å². The Kier molecular flexibility index (Phi) is 4.03. The van der Waals surface area contributed by atoms with Gasteiger partial charge < -0.3 is 9.88 Å². The summed E-state index contributed by atoms with van der Waals surface area (Å²) in [6.07, 6.45) is 5.11. The fraction of sp³-hybridized carbons (Fsp3) is 0.438. The molecular formula is C16H20N2OS. The quantitative estimate of drug-likeness (QED) is 0.938. The van der Waals surface area contributed by atoms with Crippen molar-refractivity contribution in [1.82, 2.24) is 9.88 Å². The van der Waals surface area contributed by atoms with Gasteiger partial charge in [-0.05, 0) is 30.4 Å². The van der Waals surface area contributed by atoms with Gasteiger partial charge in [-0.25, -0.2) is 0 Å². The zero-order chi connectivity index (χ0) is 13.9. The van der Waals surface area contributed by atoms with Crippen LogP contribution in [0.25, 0.3) is 10.6 Å². The van der Waals surface area contributed by atoms with Crippen molar-refractivity contribution in [3.8, 4) is 10.6 Å². The van der Waals surface area contributed by atoms with E-state index in [4.69, 9.17) is 0 Å². The van der Waals surface area contributed by atoms with Crippen LogP contribution in [0.3, 0.4) is 0 Å². The molecule has 3 rings (SSSR count). The first-order chi connectivity index (χ1) is 9.75. The van der Waals surface area contributed by atoms with Crippen LogP contribution in [0, 0.1) is 0 Å². The summed E-state index contributed by atoms with van der Waals surface area (Å²) in [5.74, 6) is 0. The van der Waals surface area contributed by atoms with E-state index in [1.54, 1.807) is 15.9 Å². The van der Waals surface area contributed by atoms with Gasteiger partial charge in [0.05, 0.1) is 10.6 Å². The number of aromatic nitrogens is 1. The van der Waals surface area contributed by atoms with Crippen molar-refractivity contribution in [2.24, 2.45) is 7.05 Å². The minimum atomic E-state index is 0.112. The van der Waals surface area contributed by atoms with Gasteiger partial charge in [-0.2, -0.15) is 0 Å². The van der Waals surface area contributed by atoms with Crippen molar-refractivity contribution in [3.05, 3.63) is 45.6 Å². The van der Waals surface area contributed by atoms with E-state index in [9.17, 15) is 4.79 Å². The van der Waals surface area contributed by atoms with Crippen molar-refractivity contribution in [2.45, 2.75) is 38.3 Å². The number of hydrogen-bond acceptors (Lipinski definition) is 3. The van der Waals surface area contributed by atoms with E-state index in [-0.39, 0.29) is 5.56 Å². The molecule has 0 spiro atoms. The summed E-state index contributed by atoms with van der Waals surface area (Å²) in [5, 5.41) is 5.55. The Morgan fingerprint density at radius 3 is 2.80 bits per heavy atom. The molecule has 1 aliphatic carbocycles. The molecule has 1 fully saturated rings. The standard InChI is InChI=1S/C16H20N2OS/c1-18-14(15-7-4-10-20-15)9-8-12(16(18)19)11-17-13-5-2-3-6-13/h4,7-10,13,17H,2-3,5-6,11H2,1H3. The van der Waals surface area contributed by atoms with Crippen LogP contribution < -0.4 is 10.9 Å². The molecule has 0 saturated heterocycles. The summed E-state index contributed by atoms with van der Waals surface area (Å²) in [4.78, 5) is 13.6. The number of hydrogen-bond donors (Lipinski definition) is 1. The van der Waals surface area contributed by atoms with Gasteiger partial charge in [0.2, 0.25) is 0 Å². The van der Waals surface area contributed by atoms with Gasteiger partial charge in [0, 0.05) is 25.2 Å². The fourth-order valence-electron chi connectivity index (χ4n) is 2.88. The number of nitrogens with zero attached hydrogens (tertiary/aromatic N) is 1. The van der Waals surface area contributed by atoms with E-state index in [0.29, 0.717) is 12.6 Å². The summed E-state index contributed by atoms with van der Waals surface area (Å²) < 4.78 is 1.76. The van der Waals surface area contributed by atoms with Crippen molar-refractivity contribution >= 4 is 11.3 Å². The zero-order valence-corrected chi connectivity index (χ0v) is 12.6. The summed E-state index contributed by atoms with van der Waals surface area (Å²) in [5.41, 5.74) is 1.97. The second kappa shape index (κ2) is 5.94. The largest absolute Gasteiger partial charge is 0.310 e. The number of thiophene rings is 1. The molecule has 0 aromatic carbocycles. The van der Waals surface area contributed by atoms with Gasteiger partial charge in [0.15, 0.2) is 0 Å². The molecule has 1 N–H and O–H groups in total.